The predicted molar refractivity (Wildman–Crippen MR) is 154 cm³/mol. The summed E-state index contributed by atoms with van der Waals surface area (Å²) in [6, 6.07) is 8.22. The van der Waals surface area contributed by atoms with Gasteiger partial charge >= 0.3 is 0 Å². The van der Waals surface area contributed by atoms with Crippen molar-refractivity contribution in [1.29, 1.82) is 0 Å². The molecule has 3 N–H and O–H groups in total. The van der Waals surface area contributed by atoms with Gasteiger partial charge in [-0.05, 0) is 30.7 Å². The number of halogens is 1. The van der Waals surface area contributed by atoms with Crippen LogP contribution in [-0.2, 0) is 16.1 Å². The highest BCUT2D eigenvalue weighted by Gasteiger charge is 2.51. The maximum atomic E-state index is 14.8. The first-order chi connectivity index (χ1) is 20.3. The molecule has 226 valence electrons. The molecule has 0 bridgehead atoms. The highest BCUT2D eigenvalue weighted by Crippen LogP contribution is 2.51. The van der Waals surface area contributed by atoms with E-state index < -0.39 is 35.9 Å². The molecule has 0 saturated carbocycles. The third-order valence-corrected chi connectivity index (χ3v) is 7.88. The smallest absolute Gasteiger partial charge is 0.247 e. The first-order valence-corrected chi connectivity index (χ1v) is 14.5. The molecule has 1 heterocycles. The molecular formula is C32H39FN2O7. The van der Waals surface area contributed by atoms with E-state index in [4.69, 9.17) is 9.47 Å². The zero-order valence-corrected chi connectivity index (χ0v) is 24.1. The highest BCUT2D eigenvalue weighted by atomic mass is 19.1. The number of aliphatic hydroxyl groups excluding tert-OH is 2. The second-order valence-electron chi connectivity index (χ2n) is 10.7. The van der Waals surface area contributed by atoms with Crippen molar-refractivity contribution < 1.29 is 38.5 Å². The number of nitrogens with zero attached hydrogens (tertiary/aromatic N) is 1. The van der Waals surface area contributed by atoms with Crippen LogP contribution < -0.4 is 14.8 Å². The average Bonchev–Trinajstić information content (AvgIpc) is 3.39. The Morgan fingerprint density at radius 2 is 1.93 bits per heavy atom. The molecule has 0 aromatic heterocycles. The number of hydrogen-bond acceptors (Lipinski definition) is 7. The minimum atomic E-state index is -1.29. The van der Waals surface area contributed by atoms with Crippen LogP contribution in [-0.4, -0.2) is 71.7 Å². The first-order valence-electron chi connectivity index (χ1n) is 14.5. The van der Waals surface area contributed by atoms with Crippen molar-refractivity contribution in [3.8, 4) is 11.5 Å². The second kappa shape index (κ2) is 14.4. The maximum Gasteiger partial charge on any atom is 0.247 e. The van der Waals surface area contributed by atoms with Crippen LogP contribution in [0, 0.1) is 5.82 Å². The number of unbranched alkanes of at least 4 members (excludes halogenated alkanes) is 4. The van der Waals surface area contributed by atoms with E-state index in [0.717, 1.165) is 25.7 Å². The van der Waals surface area contributed by atoms with Gasteiger partial charge in [-0.15, -0.1) is 0 Å². The molecule has 2 aliphatic rings. The molecule has 4 unspecified atom stereocenters. The number of amides is 2. The standard InChI is InChI=1S/C32H39FN2O7/c1-3-4-5-6-7-12-27(38)35(18-21-10-8-9-11-24(21)33)25-17-23(32(40)34-13-14-36)28-22-15-20(19-37)16-26(41-2)30(22)42-31(28)29(25)39/h8-11,15-17,19,25,28-29,31,36,39H,3-7,12-14,18H2,1-2H3,(H,34,40). The lowest BCUT2D eigenvalue weighted by Gasteiger charge is -2.41. The Morgan fingerprint density at radius 1 is 1.17 bits per heavy atom. The number of aliphatic hydroxyl groups is 2. The SMILES string of the molecule is CCCCCCCC(=O)N(Cc1ccccc1F)C1C=C(C(=O)NCCO)C2c3cc(C=O)cc(OC)c3OC2C1O. The Bertz CT molecular complexity index is 1310. The van der Waals surface area contributed by atoms with Crippen LogP contribution in [0.2, 0.25) is 0 Å². The summed E-state index contributed by atoms with van der Waals surface area (Å²) >= 11 is 0. The minimum Gasteiger partial charge on any atom is -0.493 e. The van der Waals surface area contributed by atoms with E-state index in [0.29, 0.717) is 29.6 Å². The molecule has 1 aliphatic heterocycles. The van der Waals surface area contributed by atoms with Crippen molar-refractivity contribution in [3.05, 3.63) is 70.6 Å². The lowest BCUT2D eigenvalue weighted by molar-refractivity contribution is -0.138. The number of benzene rings is 2. The number of rotatable bonds is 14. The summed E-state index contributed by atoms with van der Waals surface area (Å²) in [5.41, 5.74) is 1.29. The summed E-state index contributed by atoms with van der Waals surface area (Å²) in [5.74, 6) is -1.49. The van der Waals surface area contributed by atoms with Gasteiger partial charge in [-0.2, -0.15) is 0 Å². The monoisotopic (exact) mass is 582 g/mol. The number of fused-ring (bicyclic) bond motifs is 3. The third-order valence-electron chi connectivity index (χ3n) is 7.88. The molecule has 0 radical (unpaired) electrons. The van der Waals surface area contributed by atoms with Gasteiger partial charge in [-0.3, -0.25) is 14.4 Å². The summed E-state index contributed by atoms with van der Waals surface area (Å²) < 4.78 is 26.5. The largest absolute Gasteiger partial charge is 0.493 e. The van der Waals surface area contributed by atoms with Crippen molar-refractivity contribution in [2.45, 2.75) is 76.2 Å². The molecule has 0 fully saturated rings. The third kappa shape index (κ3) is 6.65. The van der Waals surface area contributed by atoms with Crippen LogP contribution in [0.3, 0.4) is 0 Å². The normalized spacial score (nSPS) is 20.5. The number of nitrogens with one attached hydrogen (secondary N) is 1. The number of ether oxygens (including phenoxy) is 2. The molecule has 2 amide bonds. The molecule has 0 spiro atoms. The molecule has 9 nitrogen and oxygen atoms in total. The van der Waals surface area contributed by atoms with Crippen molar-refractivity contribution in [3.63, 3.8) is 0 Å². The summed E-state index contributed by atoms with van der Waals surface area (Å²) in [4.78, 5) is 40.3. The van der Waals surface area contributed by atoms with Gasteiger partial charge in [0.05, 0.1) is 25.7 Å². The summed E-state index contributed by atoms with van der Waals surface area (Å²) in [7, 11) is 1.43. The van der Waals surface area contributed by atoms with Gasteiger partial charge in [0.15, 0.2) is 11.5 Å². The van der Waals surface area contributed by atoms with Crippen molar-refractivity contribution in [2.24, 2.45) is 0 Å². The lowest BCUT2D eigenvalue weighted by Crippen LogP contribution is -2.55. The van der Waals surface area contributed by atoms with E-state index in [-0.39, 0.29) is 48.9 Å². The van der Waals surface area contributed by atoms with E-state index in [1.807, 2.05) is 0 Å². The van der Waals surface area contributed by atoms with Gasteiger partial charge in [0.1, 0.15) is 24.3 Å². The Labute approximate surface area is 245 Å². The van der Waals surface area contributed by atoms with Crippen LogP contribution in [0.1, 0.15) is 72.9 Å². The molecule has 0 saturated heterocycles. The molecule has 10 heteroatoms. The van der Waals surface area contributed by atoms with Crippen molar-refractivity contribution in [1.82, 2.24) is 10.2 Å². The topological polar surface area (TPSA) is 125 Å². The summed E-state index contributed by atoms with van der Waals surface area (Å²) in [6.45, 7) is 1.69. The highest BCUT2D eigenvalue weighted by molar-refractivity contribution is 5.96. The lowest BCUT2D eigenvalue weighted by atomic mass is 9.77. The van der Waals surface area contributed by atoms with E-state index in [9.17, 15) is 29.0 Å². The molecule has 42 heavy (non-hydrogen) atoms. The fourth-order valence-corrected chi connectivity index (χ4v) is 5.75. The Kier molecular flexibility index (Phi) is 10.7. The summed E-state index contributed by atoms with van der Waals surface area (Å²) in [6.07, 6.45) is 4.74. The van der Waals surface area contributed by atoms with Crippen molar-refractivity contribution >= 4 is 18.1 Å². The van der Waals surface area contributed by atoms with Crippen molar-refractivity contribution in [2.75, 3.05) is 20.3 Å². The maximum absolute atomic E-state index is 14.8. The van der Waals surface area contributed by atoms with Crippen LogP contribution >= 0.6 is 0 Å². The molecule has 2 aromatic rings. The number of methoxy groups -OCH3 is 1. The fourth-order valence-electron chi connectivity index (χ4n) is 5.75. The molecular weight excluding hydrogens is 543 g/mol. The van der Waals surface area contributed by atoms with Crippen LogP contribution in [0.4, 0.5) is 4.39 Å². The van der Waals surface area contributed by atoms with Crippen LogP contribution in [0.5, 0.6) is 11.5 Å². The number of carbonyl (C=O) groups excluding carboxylic acids is 3. The first kappa shape index (κ1) is 31.2. The zero-order valence-electron chi connectivity index (χ0n) is 24.1. The molecule has 1 aliphatic carbocycles. The zero-order chi connectivity index (χ0) is 30.2. The number of aldehydes is 1. The number of carbonyl (C=O) groups is 3. The van der Waals surface area contributed by atoms with Gasteiger partial charge in [0, 0.05) is 41.8 Å². The Hall–Kier alpha value is -3.76. The molecule has 4 atom stereocenters. The average molecular weight is 583 g/mol. The number of hydrogen-bond donors (Lipinski definition) is 3. The van der Waals surface area contributed by atoms with E-state index in [1.165, 1.54) is 30.2 Å². The Balaban J connectivity index is 1.76. The van der Waals surface area contributed by atoms with Crippen LogP contribution in [0.15, 0.2) is 48.0 Å². The molecule has 4 rings (SSSR count). The predicted octanol–water partition coefficient (Wildman–Crippen LogP) is 3.66. The quantitative estimate of drug-likeness (QED) is 0.229. The van der Waals surface area contributed by atoms with Gasteiger partial charge in [0.25, 0.3) is 0 Å². The Morgan fingerprint density at radius 3 is 2.62 bits per heavy atom. The van der Waals surface area contributed by atoms with E-state index in [2.05, 4.69) is 12.2 Å². The van der Waals surface area contributed by atoms with Gasteiger partial charge in [0.2, 0.25) is 11.8 Å². The van der Waals surface area contributed by atoms with Gasteiger partial charge < -0.3 is 29.9 Å². The van der Waals surface area contributed by atoms with Gasteiger partial charge in [-0.25, -0.2) is 4.39 Å². The van der Waals surface area contributed by atoms with E-state index >= 15 is 0 Å². The second-order valence-corrected chi connectivity index (χ2v) is 10.7. The summed E-state index contributed by atoms with van der Waals surface area (Å²) in [5, 5.41) is 23.7. The minimum absolute atomic E-state index is 0.0121. The van der Waals surface area contributed by atoms with E-state index in [1.54, 1.807) is 24.3 Å². The van der Waals surface area contributed by atoms with Gasteiger partial charge in [-0.1, -0.05) is 50.8 Å². The van der Waals surface area contributed by atoms with Crippen LogP contribution in [0.25, 0.3) is 0 Å². The fraction of sp³-hybridized carbons (Fsp3) is 0.469. The molecule has 2 aromatic carbocycles.